The van der Waals surface area contributed by atoms with Crippen molar-refractivity contribution in [2.75, 3.05) is 13.2 Å². The molecule has 0 radical (unpaired) electrons. The molecule has 0 bridgehead atoms. The first-order valence-electron chi connectivity index (χ1n) is 42.7. The van der Waals surface area contributed by atoms with Crippen LogP contribution < -0.4 is 70.8 Å². The van der Waals surface area contributed by atoms with Crippen LogP contribution in [0.4, 0.5) is 0 Å². The standard InChI is InChI=1S/C22H26O4.C18H20O4.C16H22O6.C16H16O4.C14H16O4.C10H10O6.C8H6O6/c1-9-13(5)19(21(23)24)14(6)10(2)17(9)18-11(3)15(7)20(22(25)26)16(8)12(18)4;1-7-9(3)15(17(19)20)12(6)14-8(2)10(4)16(18(21)22)11(5)13(7)14;1-5-7-21-13-9(3)12(16(19)20)14(22-8-6-2)10(4)11(13)15(17)18;1-7-5-11-12(6-8(7)2)14(16(19)20)10(4)9(3)13(11)15(17)18;1-5-6(2)10-9(5)11(13(15)16)7(3)8(4)12(10)14(17)18;1-3-5(9(13)14)8(12)4(2)6(7(3)11)10(15)16;9-5-1-3(7(11)12)6(10)2-4(5)8(13)14/h1-8H3,(H,23,24)(H,25,26);1-6H3,(H,19,20)(H,21,22);5-8H2,1-4H3,(H,17,18)(H,19,20);5-6H,1-4H3,(H,17,18)(H,19,20);5-6H,1-4H3,(H,15,16)(H,17,18);11-12H,1-2H3,(H,13,14)(H,15,16);1-2,9-10H,(H,11,12)(H,13,14)/p-12. The number of aromatic carboxylic acids is 14. The normalized spacial score (nSPS) is 11.9. The molecule has 2 atom stereocenters. The summed E-state index contributed by atoms with van der Waals surface area (Å²) in [7, 11) is 0. The summed E-state index contributed by atoms with van der Waals surface area (Å²) in [4.78, 5) is 157. The minimum atomic E-state index is -1.55. The Morgan fingerprint density at radius 3 is 0.681 bits per heavy atom. The lowest BCUT2D eigenvalue weighted by Gasteiger charge is -2.41. The van der Waals surface area contributed by atoms with Crippen molar-refractivity contribution in [2.45, 2.75) is 219 Å². The summed E-state index contributed by atoms with van der Waals surface area (Å²) in [6.07, 6.45) is 1.30. The van der Waals surface area contributed by atoms with E-state index in [0.717, 1.165) is 103 Å². The molecular weight excluding hydrogens is 1790 g/mol. The van der Waals surface area contributed by atoms with Gasteiger partial charge < -0.3 is 140 Å². The van der Waals surface area contributed by atoms with Crippen molar-refractivity contribution in [3.8, 4) is 45.6 Å². The van der Waals surface area contributed by atoms with E-state index in [2.05, 4.69) is 0 Å². The number of carbonyl (C=O) groups is 14. The zero-order valence-electron chi connectivity index (χ0n) is 81.4. The SMILES string of the molecule is CCCOc1c(C)c(C(=O)[O-])c(OCCC)c(C)c1C(=O)[O-].Cc1c(C(=O)[O-])c(C)c2c(C)c(C)c(C(=O)[O-])c(C)c2c1C.Cc1c(C)c(-c2c(C)c(C)c(C(=O)O)c(C)c2C)c(C)c(C)c1C(=O)O.Cc1c(C)c(C(=O)[O-])c2c(c1C(=O)[O-])C(C)C2C.Cc1c([O-])c(C(=O)O)c(C)c([O-])c1C(=O)O.Cc1cc2c(C(=O)[O-])c(C)c(C)c(C(=O)[O-])c2cc1C.O=C(O)c1cc([O-])c(C(=O)O)cc1[O-]. The summed E-state index contributed by atoms with van der Waals surface area (Å²) in [6, 6.07) is 4.39. The quantitative estimate of drug-likeness (QED) is 0.0408. The van der Waals surface area contributed by atoms with Crippen LogP contribution in [-0.4, -0.2) is 127 Å². The van der Waals surface area contributed by atoms with Gasteiger partial charge in [0.15, 0.2) is 0 Å². The van der Waals surface area contributed by atoms with Gasteiger partial charge in [0.25, 0.3) is 0 Å². The number of benzene rings is 10. The van der Waals surface area contributed by atoms with Gasteiger partial charge in [-0.3, -0.25) is 0 Å². The third-order valence-electron chi connectivity index (χ3n) is 25.9. The summed E-state index contributed by atoms with van der Waals surface area (Å²) in [5, 5.41) is 192. The summed E-state index contributed by atoms with van der Waals surface area (Å²) < 4.78 is 10.9. The van der Waals surface area contributed by atoms with E-state index in [0.29, 0.717) is 103 Å². The summed E-state index contributed by atoms with van der Waals surface area (Å²) in [5.41, 5.74) is 15.5. The van der Waals surface area contributed by atoms with Crippen LogP contribution in [0.25, 0.3) is 32.7 Å². The molecule has 2 unspecified atom stereocenters. The average Bonchev–Trinajstić information content (AvgIpc) is 0.714. The van der Waals surface area contributed by atoms with Gasteiger partial charge in [0.05, 0.1) is 94.3 Å². The first kappa shape index (κ1) is 113. The third kappa shape index (κ3) is 21.7. The molecule has 11 rings (SSSR count). The van der Waals surface area contributed by atoms with E-state index in [-0.39, 0.29) is 103 Å². The number of ether oxygens (including phenoxy) is 2. The van der Waals surface area contributed by atoms with Crippen LogP contribution in [0.15, 0.2) is 24.3 Å². The van der Waals surface area contributed by atoms with Crippen molar-refractivity contribution in [1.29, 1.82) is 0 Å². The molecule has 0 amide bonds. The molecule has 6 N–H and O–H groups in total. The predicted octanol–water partition coefficient (Wildman–Crippen LogP) is 7.37. The second-order valence-corrected chi connectivity index (χ2v) is 33.6. The molecule has 34 heteroatoms. The number of hydrogen-bond donors (Lipinski definition) is 6. The average molecular weight is 1900 g/mol. The number of carbonyl (C=O) groups excluding carboxylic acids is 8. The lowest BCUT2D eigenvalue weighted by atomic mass is 9.64. The molecule has 10 aromatic carbocycles. The Morgan fingerprint density at radius 1 is 0.254 bits per heavy atom. The van der Waals surface area contributed by atoms with Crippen molar-refractivity contribution in [3.05, 3.63) is 247 Å². The van der Waals surface area contributed by atoms with Gasteiger partial charge in [-0.15, -0.1) is 0 Å². The van der Waals surface area contributed by atoms with E-state index in [1.165, 1.54) is 13.8 Å². The number of hydrogen-bond acceptors (Lipinski definition) is 28. The van der Waals surface area contributed by atoms with Crippen LogP contribution in [-0.2, 0) is 0 Å². The molecule has 0 aliphatic heterocycles. The molecule has 34 nitrogen and oxygen atoms in total. The van der Waals surface area contributed by atoms with Gasteiger partial charge in [0, 0.05) is 55.6 Å². The zero-order valence-corrected chi connectivity index (χ0v) is 81.4. The Balaban J connectivity index is 0.000000286. The van der Waals surface area contributed by atoms with Gasteiger partial charge in [-0.2, -0.15) is 0 Å². The maximum absolute atomic E-state index is 11.7. The lowest BCUT2D eigenvalue weighted by Crippen LogP contribution is -2.36. The lowest BCUT2D eigenvalue weighted by molar-refractivity contribution is -0.276. The van der Waals surface area contributed by atoms with E-state index in [9.17, 15) is 139 Å². The highest BCUT2D eigenvalue weighted by Crippen LogP contribution is 2.52. The second kappa shape index (κ2) is 44.5. The molecule has 1 aliphatic carbocycles. The highest BCUT2D eigenvalue weighted by Gasteiger charge is 2.39. The molecule has 0 spiro atoms. The van der Waals surface area contributed by atoms with Crippen LogP contribution in [0.3, 0.4) is 0 Å². The van der Waals surface area contributed by atoms with Gasteiger partial charge in [0.2, 0.25) is 0 Å². The van der Waals surface area contributed by atoms with E-state index in [4.69, 9.17) is 29.9 Å². The van der Waals surface area contributed by atoms with Crippen molar-refractivity contribution < 1.29 is 169 Å². The molecule has 138 heavy (non-hydrogen) atoms. The Kier molecular flexibility index (Phi) is 36.3. The fourth-order valence-electron chi connectivity index (χ4n) is 17.5. The smallest absolute Gasteiger partial charge is 0.336 e. The fourth-order valence-corrected chi connectivity index (χ4v) is 17.5. The number of carboxylic acid groups (broad SMARTS) is 14. The summed E-state index contributed by atoms with van der Waals surface area (Å²) >= 11 is 0. The van der Waals surface area contributed by atoms with E-state index in [1.807, 2.05) is 111 Å². The van der Waals surface area contributed by atoms with Crippen molar-refractivity contribution in [1.82, 2.24) is 0 Å². The number of aryl methyl sites for hydroxylation is 6. The van der Waals surface area contributed by atoms with Gasteiger partial charge in [-0.05, 0) is 357 Å². The van der Waals surface area contributed by atoms with Crippen LogP contribution in [0.5, 0.6) is 34.5 Å². The van der Waals surface area contributed by atoms with Crippen LogP contribution in [0.2, 0.25) is 0 Å². The molecular formula is C104H104O34-12. The minimum Gasteiger partial charge on any atom is -0.872 e. The first-order valence-corrected chi connectivity index (χ1v) is 42.7. The van der Waals surface area contributed by atoms with Gasteiger partial charge in [-0.1, -0.05) is 75.0 Å². The van der Waals surface area contributed by atoms with Gasteiger partial charge in [-0.25, -0.2) is 28.8 Å². The number of rotatable bonds is 21. The Hall–Kier alpha value is -15.9. The van der Waals surface area contributed by atoms with Crippen molar-refractivity contribution >= 4 is 105 Å². The molecule has 736 valence electrons. The Labute approximate surface area is 794 Å². The summed E-state index contributed by atoms with van der Waals surface area (Å²) in [6.45, 7) is 49.0. The summed E-state index contributed by atoms with van der Waals surface area (Å²) in [5.74, 6) is -22.1. The molecule has 1 aliphatic rings. The minimum absolute atomic E-state index is 0.00222. The molecule has 0 aromatic heterocycles. The molecule has 10 aromatic rings. The van der Waals surface area contributed by atoms with Crippen molar-refractivity contribution in [2.24, 2.45) is 0 Å². The first-order chi connectivity index (χ1) is 63.6. The highest BCUT2D eigenvalue weighted by molar-refractivity contribution is 6.14. The fraction of sp³-hybridized carbons (Fsp3) is 0.327. The Bertz CT molecular complexity index is 6370. The third-order valence-corrected chi connectivity index (χ3v) is 25.9. The second-order valence-electron chi connectivity index (χ2n) is 33.6. The van der Waals surface area contributed by atoms with E-state index in [1.54, 1.807) is 67.5 Å². The largest absolute Gasteiger partial charge is 0.872 e. The highest BCUT2D eigenvalue weighted by atomic mass is 16.5. The maximum Gasteiger partial charge on any atom is 0.336 e. The topological polar surface area (TPSA) is 656 Å². The van der Waals surface area contributed by atoms with Crippen LogP contribution in [0, 0.1) is 166 Å². The van der Waals surface area contributed by atoms with E-state index >= 15 is 0 Å². The molecule has 0 saturated carbocycles. The molecule has 0 saturated heterocycles. The maximum atomic E-state index is 11.7. The molecule has 0 heterocycles. The van der Waals surface area contributed by atoms with Crippen molar-refractivity contribution in [3.63, 3.8) is 0 Å². The van der Waals surface area contributed by atoms with Gasteiger partial charge >= 0.3 is 35.8 Å². The number of carboxylic acids is 14. The number of fused-ring (bicyclic) bond motifs is 3. The van der Waals surface area contributed by atoms with Crippen LogP contribution >= 0.6 is 0 Å². The Morgan fingerprint density at radius 2 is 0.471 bits per heavy atom. The van der Waals surface area contributed by atoms with E-state index < -0.39 is 129 Å². The zero-order chi connectivity index (χ0) is 106. The monoisotopic (exact) mass is 1900 g/mol. The predicted molar refractivity (Wildman–Crippen MR) is 482 cm³/mol. The van der Waals surface area contributed by atoms with Gasteiger partial charge in [0.1, 0.15) is 11.5 Å². The van der Waals surface area contributed by atoms with Crippen LogP contribution in [0.1, 0.15) is 342 Å². The molecule has 0 fully saturated rings.